The van der Waals surface area contributed by atoms with Gasteiger partial charge in [-0.2, -0.15) is 0 Å². The average Bonchev–Trinajstić information content (AvgIpc) is 2.74. The van der Waals surface area contributed by atoms with Crippen LogP contribution in [0.5, 0.6) is 0 Å². The summed E-state index contributed by atoms with van der Waals surface area (Å²) in [5.74, 6) is 0. The van der Waals surface area contributed by atoms with Gasteiger partial charge in [0, 0.05) is 3.57 Å². The third-order valence-corrected chi connectivity index (χ3v) is 6.12. The van der Waals surface area contributed by atoms with Crippen LogP contribution in [0.4, 0.5) is 0 Å². The highest BCUT2D eigenvalue weighted by Gasteiger charge is 2.15. The van der Waals surface area contributed by atoms with Crippen LogP contribution in [0.25, 0.3) is 43.8 Å². The third kappa shape index (κ3) is 2.91. The van der Waals surface area contributed by atoms with Crippen LogP contribution >= 0.6 is 22.6 Å². The van der Waals surface area contributed by atoms with Crippen molar-refractivity contribution < 1.29 is 0 Å². The first-order chi connectivity index (χ1) is 13.7. The van der Waals surface area contributed by atoms with Crippen LogP contribution < -0.4 is 0 Å². The Balaban J connectivity index is 1.96. The van der Waals surface area contributed by atoms with E-state index in [-0.39, 0.29) is 0 Å². The third-order valence-electron chi connectivity index (χ3n) is 5.40. The van der Waals surface area contributed by atoms with Gasteiger partial charge in [-0.15, -0.1) is 0 Å². The van der Waals surface area contributed by atoms with E-state index in [2.05, 4.69) is 127 Å². The molecule has 0 atom stereocenters. The van der Waals surface area contributed by atoms with Crippen LogP contribution in [0.15, 0.2) is 97.1 Å². The SMILES string of the molecule is Cc1ccc(-c2c3ccccc3c(-c3ccc(I)cc3)c3ccccc23)cc1. The standard InChI is InChI=1S/C27H19I/c1-18-10-12-19(13-11-18)26-22-6-2-4-8-24(22)27(20-14-16-21(28)17-15-20)25-9-5-3-7-23(25)26/h2-17H,1H3. The molecule has 134 valence electrons. The van der Waals surface area contributed by atoms with Crippen molar-refractivity contribution in [3.05, 3.63) is 106 Å². The van der Waals surface area contributed by atoms with Crippen LogP contribution in [0.2, 0.25) is 0 Å². The number of aryl methyl sites for hydroxylation is 1. The van der Waals surface area contributed by atoms with Gasteiger partial charge in [0.1, 0.15) is 0 Å². The predicted octanol–water partition coefficient (Wildman–Crippen LogP) is 8.24. The molecule has 5 aromatic carbocycles. The van der Waals surface area contributed by atoms with Crippen LogP contribution in [0.3, 0.4) is 0 Å². The summed E-state index contributed by atoms with van der Waals surface area (Å²) in [7, 11) is 0. The molecule has 0 fully saturated rings. The van der Waals surface area contributed by atoms with Crippen LogP contribution in [-0.4, -0.2) is 0 Å². The zero-order valence-corrected chi connectivity index (χ0v) is 17.8. The van der Waals surface area contributed by atoms with Crippen LogP contribution in [0.1, 0.15) is 5.56 Å². The molecule has 0 aliphatic carbocycles. The first-order valence-electron chi connectivity index (χ1n) is 9.49. The molecule has 0 amide bonds. The number of halogens is 1. The van der Waals surface area contributed by atoms with Gasteiger partial charge >= 0.3 is 0 Å². The smallest absolute Gasteiger partial charge is 0.0130 e. The molecule has 1 heteroatoms. The fraction of sp³-hybridized carbons (Fsp3) is 0.0370. The molecule has 5 rings (SSSR count). The largest absolute Gasteiger partial charge is 0.0616 e. The second kappa shape index (κ2) is 7.06. The minimum Gasteiger partial charge on any atom is -0.0616 e. The van der Waals surface area contributed by atoms with Crippen molar-refractivity contribution in [1.29, 1.82) is 0 Å². The Kier molecular flexibility index (Phi) is 4.40. The number of hydrogen-bond donors (Lipinski definition) is 0. The molecule has 0 saturated carbocycles. The van der Waals surface area contributed by atoms with Gasteiger partial charge in [0.25, 0.3) is 0 Å². The van der Waals surface area contributed by atoms with Crippen molar-refractivity contribution in [2.75, 3.05) is 0 Å². The first-order valence-corrected chi connectivity index (χ1v) is 10.6. The van der Waals surface area contributed by atoms with E-state index in [0.717, 1.165) is 0 Å². The van der Waals surface area contributed by atoms with E-state index in [9.17, 15) is 0 Å². The molecule has 0 aliphatic rings. The molecular formula is C27H19I. The molecule has 28 heavy (non-hydrogen) atoms. The summed E-state index contributed by atoms with van der Waals surface area (Å²) in [5.41, 5.74) is 6.46. The van der Waals surface area contributed by atoms with Gasteiger partial charge in [-0.3, -0.25) is 0 Å². The molecule has 0 aromatic heterocycles. The number of fused-ring (bicyclic) bond motifs is 2. The lowest BCUT2D eigenvalue weighted by Crippen LogP contribution is -1.90. The first kappa shape index (κ1) is 17.4. The summed E-state index contributed by atoms with van der Waals surface area (Å²) >= 11 is 2.37. The molecule has 0 heterocycles. The Morgan fingerprint density at radius 2 is 0.821 bits per heavy atom. The second-order valence-electron chi connectivity index (χ2n) is 7.21. The van der Waals surface area contributed by atoms with Crippen molar-refractivity contribution in [1.82, 2.24) is 0 Å². The maximum absolute atomic E-state index is 2.37. The molecule has 0 bridgehead atoms. The summed E-state index contributed by atoms with van der Waals surface area (Å²) in [4.78, 5) is 0. The maximum Gasteiger partial charge on any atom is 0.0130 e. The van der Waals surface area contributed by atoms with E-state index in [1.54, 1.807) is 0 Å². The van der Waals surface area contributed by atoms with Crippen molar-refractivity contribution in [2.45, 2.75) is 6.92 Å². The Hall–Kier alpha value is -2.65. The van der Waals surface area contributed by atoms with Gasteiger partial charge in [-0.05, 0) is 85.4 Å². The average molecular weight is 470 g/mol. The highest BCUT2D eigenvalue weighted by molar-refractivity contribution is 14.1. The predicted molar refractivity (Wildman–Crippen MR) is 130 cm³/mol. The monoisotopic (exact) mass is 470 g/mol. The second-order valence-corrected chi connectivity index (χ2v) is 8.46. The molecule has 5 aromatic rings. The fourth-order valence-corrected chi connectivity index (χ4v) is 4.45. The molecule has 0 nitrogen and oxygen atoms in total. The van der Waals surface area contributed by atoms with Crippen molar-refractivity contribution in [3.63, 3.8) is 0 Å². The Morgan fingerprint density at radius 1 is 0.464 bits per heavy atom. The molecule has 0 saturated heterocycles. The zero-order chi connectivity index (χ0) is 19.1. The van der Waals surface area contributed by atoms with Gasteiger partial charge in [0.15, 0.2) is 0 Å². The zero-order valence-electron chi connectivity index (χ0n) is 15.6. The Labute approximate surface area is 179 Å². The quantitative estimate of drug-likeness (QED) is 0.180. The van der Waals surface area contributed by atoms with E-state index in [1.807, 2.05) is 0 Å². The Morgan fingerprint density at radius 3 is 1.21 bits per heavy atom. The van der Waals surface area contributed by atoms with Gasteiger partial charge in [-0.25, -0.2) is 0 Å². The Bertz CT molecular complexity index is 1140. The van der Waals surface area contributed by atoms with Crippen molar-refractivity contribution in [3.8, 4) is 22.3 Å². The number of benzene rings is 5. The van der Waals surface area contributed by atoms with Gasteiger partial charge in [0.05, 0.1) is 0 Å². The summed E-state index contributed by atoms with van der Waals surface area (Å²) in [5, 5.41) is 5.22. The summed E-state index contributed by atoms with van der Waals surface area (Å²) in [6.45, 7) is 2.14. The minimum atomic E-state index is 1.26. The molecule has 0 N–H and O–H groups in total. The van der Waals surface area contributed by atoms with Crippen molar-refractivity contribution >= 4 is 44.1 Å². The van der Waals surface area contributed by atoms with E-state index in [0.29, 0.717) is 0 Å². The van der Waals surface area contributed by atoms with E-state index < -0.39 is 0 Å². The highest BCUT2D eigenvalue weighted by Crippen LogP contribution is 2.43. The molecular weight excluding hydrogens is 451 g/mol. The number of hydrogen-bond acceptors (Lipinski definition) is 0. The highest BCUT2D eigenvalue weighted by atomic mass is 127. The number of rotatable bonds is 2. The van der Waals surface area contributed by atoms with Gasteiger partial charge < -0.3 is 0 Å². The van der Waals surface area contributed by atoms with Crippen molar-refractivity contribution in [2.24, 2.45) is 0 Å². The molecule has 0 radical (unpaired) electrons. The molecule has 0 spiro atoms. The summed E-state index contributed by atoms with van der Waals surface area (Å²) in [6.07, 6.45) is 0. The summed E-state index contributed by atoms with van der Waals surface area (Å²) in [6, 6.07) is 35.3. The van der Waals surface area contributed by atoms with Gasteiger partial charge in [0.2, 0.25) is 0 Å². The van der Waals surface area contributed by atoms with Crippen LogP contribution in [0, 0.1) is 10.5 Å². The molecule has 0 aliphatic heterocycles. The van der Waals surface area contributed by atoms with E-state index in [1.165, 1.54) is 52.9 Å². The minimum absolute atomic E-state index is 1.26. The van der Waals surface area contributed by atoms with E-state index in [4.69, 9.17) is 0 Å². The van der Waals surface area contributed by atoms with E-state index >= 15 is 0 Å². The lowest BCUT2D eigenvalue weighted by Gasteiger charge is -2.17. The lowest BCUT2D eigenvalue weighted by atomic mass is 9.86. The fourth-order valence-electron chi connectivity index (χ4n) is 4.09. The summed E-state index contributed by atoms with van der Waals surface area (Å²) < 4.78 is 1.26. The molecule has 0 unspecified atom stereocenters. The normalized spacial score (nSPS) is 11.2. The van der Waals surface area contributed by atoms with Gasteiger partial charge in [-0.1, -0.05) is 90.5 Å². The topological polar surface area (TPSA) is 0 Å². The maximum atomic E-state index is 2.37. The van der Waals surface area contributed by atoms with Crippen LogP contribution in [-0.2, 0) is 0 Å². The lowest BCUT2D eigenvalue weighted by molar-refractivity contribution is 1.47.